The number of hydrogen-bond donors (Lipinski definition) is 0. The van der Waals surface area contributed by atoms with Crippen LogP contribution >= 0.6 is 0 Å². The molecule has 0 saturated carbocycles. The zero-order chi connectivity index (χ0) is 21.9. The second-order valence-electron chi connectivity index (χ2n) is 8.19. The maximum atomic E-state index is 13.4. The summed E-state index contributed by atoms with van der Waals surface area (Å²) in [6.07, 6.45) is 2.44. The molecule has 0 radical (unpaired) electrons. The predicted molar refractivity (Wildman–Crippen MR) is 125 cm³/mol. The lowest BCUT2D eigenvalue weighted by molar-refractivity contribution is 0.0626. The van der Waals surface area contributed by atoms with Crippen molar-refractivity contribution >= 4 is 11.6 Å². The maximum absolute atomic E-state index is 13.4. The molecule has 1 fully saturated rings. The van der Waals surface area contributed by atoms with Gasteiger partial charge < -0.3 is 4.90 Å². The molecule has 3 heterocycles. The van der Waals surface area contributed by atoms with E-state index in [0.29, 0.717) is 12.0 Å². The van der Waals surface area contributed by atoms with Gasteiger partial charge in [-0.15, -0.1) is 0 Å². The van der Waals surface area contributed by atoms with E-state index in [0.717, 1.165) is 55.3 Å². The van der Waals surface area contributed by atoms with Crippen LogP contribution in [0.4, 0.5) is 0 Å². The lowest BCUT2D eigenvalue weighted by Crippen LogP contribution is -2.48. The van der Waals surface area contributed by atoms with Crippen molar-refractivity contribution in [2.24, 2.45) is 0 Å². The molecule has 6 heteroatoms. The van der Waals surface area contributed by atoms with Gasteiger partial charge in [0.15, 0.2) is 5.65 Å². The Morgan fingerprint density at radius 2 is 1.62 bits per heavy atom. The number of fused-ring (bicyclic) bond motifs is 1. The molecular formula is C26H27N5O. The Bertz CT molecular complexity index is 1210. The van der Waals surface area contributed by atoms with Gasteiger partial charge in [-0.1, -0.05) is 67.6 Å². The molecule has 162 valence electrons. The number of rotatable bonds is 5. The van der Waals surface area contributed by atoms with E-state index in [1.807, 2.05) is 51.9 Å². The highest BCUT2D eigenvalue weighted by Crippen LogP contribution is 2.22. The molecular weight excluding hydrogens is 398 g/mol. The van der Waals surface area contributed by atoms with Gasteiger partial charge in [0.05, 0.1) is 17.0 Å². The molecule has 2 aromatic carbocycles. The minimum absolute atomic E-state index is 0.0485. The molecule has 0 aliphatic carbocycles. The molecule has 1 aliphatic heterocycles. The average molecular weight is 426 g/mol. The first-order valence-electron chi connectivity index (χ1n) is 11.2. The van der Waals surface area contributed by atoms with Crippen molar-refractivity contribution in [3.05, 3.63) is 89.7 Å². The summed E-state index contributed by atoms with van der Waals surface area (Å²) in [4.78, 5) is 22.3. The van der Waals surface area contributed by atoms with Crippen LogP contribution in [0.3, 0.4) is 0 Å². The first-order valence-corrected chi connectivity index (χ1v) is 11.2. The molecule has 0 bridgehead atoms. The number of aryl methyl sites for hydroxylation is 1. The number of amides is 1. The van der Waals surface area contributed by atoms with E-state index in [9.17, 15) is 4.79 Å². The molecule has 1 saturated heterocycles. The molecule has 6 nitrogen and oxygen atoms in total. The highest BCUT2D eigenvalue weighted by Gasteiger charge is 2.25. The third-order valence-electron chi connectivity index (χ3n) is 6.13. The van der Waals surface area contributed by atoms with E-state index in [1.54, 1.807) is 6.20 Å². The van der Waals surface area contributed by atoms with E-state index < -0.39 is 0 Å². The van der Waals surface area contributed by atoms with Crippen molar-refractivity contribution in [1.82, 2.24) is 24.4 Å². The van der Waals surface area contributed by atoms with Gasteiger partial charge in [-0.2, -0.15) is 5.10 Å². The third kappa shape index (κ3) is 4.01. The second kappa shape index (κ2) is 8.93. The Morgan fingerprint density at radius 3 is 2.31 bits per heavy atom. The van der Waals surface area contributed by atoms with Crippen LogP contribution in [0, 0.1) is 0 Å². The summed E-state index contributed by atoms with van der Waals surface area (Å²) in [6.45, 7) is 6.18. The van der Waals surface area contributed by atoms with Crippen molar-refractivity contribution in [1.29, 1.82) is 0 Å². The van der Waals surface area contributed by atoms with E-state index in [4.69, 9.17) is 5.10 Å². The SMILES string of the molecule is CCc1c(C(=O)N2CCN(Cc3ccccc3)CC2)cnc2cc(-c3ccccc3)nn12. The van der Waals surface area contributed by atoms with Crippen LogP contribution in [0.2, 0.25) is 0 Å². The zero-order valence-electron chi connectivity index (χ0n) is 18.3. The van der Waals surface area contributed by atoms with Gasteiger partial charge in [-0.3, -0.25) is 9.69 Å². The van der Waals surface area contributed by atoms with Crippen molar-refractivity contribution in [2.75, 3.05) is 26.2 Å². The number of benzene rings is 2. The summed E-state index contributed by atoms with van der Waals surface area (Å²) in [6, 6.07) is 22.5. The van der Waals surface area contributed by atoms with Gasteiger partial charge >= 0.3 is 0 Å². The zero-order valence-corrected chi connectivity index (χ0v) is 18.3. The number of nitrogens with zero attached hydrogens (tertiary/aromatic N) is 5. The third-order valence-corrected chi connectivity index (χ3v) is 6.13. The van der Waals surface area contributed by atoms with Crippen LogP contribution in [-0.2, 0) is 13.0 Å². The molecule has 1 amide bonds. The molecule has 32 heavy (non-hydrogen) atoms. The summed E-state index contributed by atoms with van der Waals surface area (Å²) in [5.41, 5.74) is 5.55. The van der Waals surface area contributed by atoms with E-state index in [-0.39, 0.29) is 5.91 Å². The van der Waals surface area contributed by atoms with Gasteiger partial charge in [0, 0.05) is 50.6 Å². The Labute approximate surface area is 188 Å². The van der Waals surface area contributed by atoms with Gasteiger partial charge in [0.1, 0.15) is 0 Å². The topological polar surface area (TPSA) is 53.7 Å². The largest absolute Gasteiger partial charge is 0.336 e. The number of piperazine rings is 1. The van der Waals surface area contributed by atoms with Crippen LogP contribution in [0.5, 0.6) is 0 Å². The number of aromatic nitrogens is 3. The Morgan fingerprint density at radius 1 is 0.938 bits per heavy atom. The van der Waals surface area contributed by atoms with Crippen molar-refractivity contribution in [2.45, 2.75) is 19.9 Å². The minimum Gasteiger partial charge on any atom is -0.336 e. The van der Waals surface area contributed by atoms with Gasteiger partial charge in [0.2, 0.25) is 0 Å². The van der Waals surface area contributed by atoms with Gasteiger partial charge in [-0.05, 0) is 12.0 Å². The minimum atomic E-state index is 0.0485. The quantitative estimate of drug-likeness (QED) is 0.486. The molecule has 0 spiro atoms. The summed E-state index contributed by atoms with van der Waals surface area (Å²) in [5, 5.41) is 4.78. The van der Waals surface area contributed by atoms with E-state index in [1.165, 1.54) is 5.56 Å². The summed E-state index contributed by atoms with van der Waals surface area (Å²) in [7, 11) is 0. The molecule has 2 aromatic heterocycles. The lowest BCUT2D eigenvalue weighted by Gasteiger charge is -2.35. The summed E-state index contributed by atoms with van der Waals surface area (Å²) >= 11 is 0. The highest BCUT2D eigenvalue weighted by atomic mass is 16.2. The van der Waals surface area contributed by atoms with Crippen LogP contribution < -0.4 is 0 Å². The monoisotopic (exact) mass is 425 g/mol. The smallest absolute Gasteiger partial charge is 0.257 e. The standard InChI is InChI=1S/C26H27N5O/c1-2-24-22(18-27-25-17-23(28-31(24)25)21-11-7-4-8-12-21)26(32)30-15-13-29(14-16-30)19-20-9-5-3-6-10-20/h3-12,17-18H,2,13-16,19H2,1H3. The maximum Gasteiger partial charge on any atom is 0.257 e. The van der Waals surface area contributed by atoms with Gasteiger partial charge in [-0.25, -0.2) is 9.50 Å². The summed E-state index contributed by atoms with van der Waals surface area (Å²) in [5.74, 6) is 0.0485. The van der Waals surface area contributed by atoms with Crippen molar-refractivity contribution < 1.29 is 4.79 Å². The first-order chi connectivity index (χ1) is 15.7. The second-order valence-corrected chi connectivity index (χ2v) is 8.19. The number of carbonyl (C=O) groups excluding carboxylic acids is 1. The molecule has 0 N–H and O–H groups in total. The van der Waals surface area contributed by atoms with Crippen LogP contribution in [0.25, 0.3) is 16.9 Å². The van der Waals surface area contributed by atoms with E-state index >= 15 is 0 Å². The highest BCUT2D eigenvalue weighted by molar-refractivity contribution is 5.95. The van der Waals surface area contributed by atoms with Crippen LogP contribution in [0.1, 0.15) is 28.5 Å². The Balaban J connectivity index is 1.34. The van der Waals surface area contributed by atoms with Crippen LogP contribution in [-0.4, -0.2) is 56.5 Å². The van der Waals surface area contributed by atoms with Crippen molar-refractivity contribution in [3.8, 4) is 11.3 Å². The van der Waals surface area contributed by atoms with E-state index in [2.05, 4.69) is 41.1 Å². The molecule has 4 aromatic rings. The fourth-order valence-electron chi connectivity index (χ4n) is 4.37. The molecule has 5 rings (SSSR count). The van der Waals surface area contributed by atoms with Crippen molar-refractivity contribution in [3.63, 3.8) is 0 Å². The Hall–Kier alpha value is -3.51. The lowest BCUT2D eigenvalue weighted by atomic mass is 10.1. The average Bonchev–Trinajstić information content (AvgIpc) is 3.29. The summed E-state index contributed by atoms with van der Waals surface area (Å²) < 4.78 is 1.83. The fraction of sp³-hybridized carbons (Fsp3) is 0.269. The van der Waals surface area contributed by atoms with Crippen LogP contribution in [0.15, 0.2) is 72.9 Å². The van der Waals surface area contributed by atoms with Gasteiger partial charge in [0.25, 0.3) is 5.91 Å². The normalized spacial score (nSPS) is 14.7. The Kier molecular flexibility index (Phi) is 5.69. The predicted octanol–water partition coefficient (Wildman–Crippen LogP) is 3.92. The first kappa shape index (κ1) is 20.4. The molecule has 0 unspecified atom stereocenters. The molecule has 1 aliphatic rings. The fourth-order valence-corrected chi connectivity index (χ4v) is 4.37. The molecule has 0 atom stereocenters. The number of hydrogen-bond acceptors (Lipinski definition) is 4. The number of carbonyl (C=O) groups is 1.